The van der Waals surface area contributed by atoms with Gasteiger partial charge in [0.15, 0.2) is 0 Å². The minimum Gasteiger partial charge on any atom is -0.381 e. The standard InChI is InChI=1S/C32H37N5O4S/c1-36(2)26-14-17-37(21-26)25-10-8-23(9-11-25)33-31(22-6-4-3-5-7-22)30-28-20-27(12-13-29(28)34-32(30)38)42(39,40)35-24-15-18-41-19-16-24/h3-13,20,24,26,33,35H,14-19,21H2,1-2H3,(H,34,38)/b31-30-. The molecule has 3 aromatic carbocycles. The van der Waals surface area contributed by atoms with E-state index in [0.717, 1.165) is 36.4 Å². The summed E-state index contributed by atoms with van der Waals surface area (Å²) < 4.78 is 34.8. The van der Waals surface area contributed by atoms with Crippen LogP contribution in [-0.4, -0.2) is 71.7 Å². The van der Waals surface area contributed by atoms with Crippen molar-refractivity contribution in [3.8, 4) is 0 Å². The van der Waals surface area contributed by atoms with Crippen molar-refractivity contribution >= 4 is 44.3 Å². The van der Waals surface area contributed by atoms with Crippen molar-refractivity contribution in [3.63, 3.8) is 0 Å². The van der Waals surface area contributed by atoms with Gasteiger partial charge in [0.05, 0.1) is 16.2 Å². The molecule has 10 heteroatoms. The van der Waals surface area contributed by atoms with E-state index in [4.69, 9.17) is 4.74 Å². The van der Waals surface area contributed by atoms with E-state index < -0.39 is 10.0 Å². The monoisotopic (exact) mass is 587 g/mol. The Hall–Kier alpha value is -3.70. The molecule has 6 rings (SSSR count). The van der Waals surface area contributed by atoms with Crippen LogP contribution in [0.5, 0.6) is 0 Å². The fraction of sp³-hybridized carbons (Fsp3) is 0.344. The maximum atomic E-state index is 13.4. The quantitative estimate of drug-likeness (QED) is 0.339. The molecule has 0 saturated carbocycles. The second-order valence-electron chi connectivity index (χ2n) is 11.3. The maximum absolute atomic E-state index is 13.4. The normalized spacial score (nSPS) is 20.5. The summed E-state index contributed by atoms with van der Waals surface area (Å²) in [6.45, 7) is 3.07. The summed E-state index contributed by atoms with van der Waals surface area (Å²) >= 11 is 0. The topological polar surface area (TPSA) is 103 Å². The number of anilines is 3. The SMILES string of the molecule is CN(C)C1CCN(c2ccc(N/C(=C3\C(=O)Nc4ccc(S(=O)(=O)NC5CCOCC5)cc43)c3ccccc3)cc2)C1. The van der Waals surface area contributed by atoms with Gasteiger partial charge in [-0.25, -0.2) is 13.1 Å². The Labute approximate surface area is 247 Å². The second kappa shape index (κ2) is 11.9. The van der Waals surface area contributed by atoms with Gasteiger partial charge in [0.25, 0.3) is 5.91 Å². The van der Waals surface area contributed by atoms with Gasteiger partial charge < -0.3 is 25.2 Å². The molecule has 3 aliphatic rings. The van der Waals surface area contributed by atoms with E-state index in [1.54, 1.807) is 12.1 Å². The van der Waals surface area contributed by atoms with Crippen LogP contribution in [0, 0.1) is 0 Å². The summed E-state index contributed by atoms with van der Waals surface area (Å²) in [4.78, 5) is 18.2. The number of nitrogens with zero attached hydrogens (tertiary/aromatic N) is 2. The zero-order valence-electron chi connectivity index (χ0n) is 24.0. The zero-order chi connectivity index (χ0) is 29.3. The van der Waals surface area contributed by atoms with Crippen LogP contribution in [0.15, 0.2) is 77.7 Å². The number of hydrogen-bond acceptors (Lipinski definition) is 7. The van der Waals surface area contributed by atoms with Crippen LogP contribution in [-0.2, 0) is 19.6 Å². The lowest BCUT2D eigenvalue weighted by molar-refractivity contribution is -0.110. The number of carbonyl (C=O) groups is 1. The van der Waals surface area contributed by atoms with E-state index in [2.05, 4.69) is 51.4 Å². The number of sulfonamides is 1. The smallest absolute Gasteiger partial charge is 0.258 e. The average molecular weight is 588 g/mol. The third-order valence-electron chi connectivity index (χ3n) is 8.30. The van der Waals surface area contributed by atoms with Gasteiger partial charge in [-0.2, -0.15) is 0 Å². The Bertz CT molecular complexity index is 1580. The molecule has 0 aromatic heterocycles. The molecule has 3 heterocycles. The number of nitrogens with one attached hydrogen (secondary N) is 3. The van der Waals surface area contributed by atoms with Crippen LogP contribution >= 0.6 is 0 Å². The van der Waals surface area contributed by atoms with Gasteiger partial charge in [-0.15, -0.1) is 0 Å². The molecule has 1 atom stereocenters. The minimum atomic E-state index is -3.79. The van der Waals surface area contributed by atoms with Crippen molar-refractivity contribution in [2.75, 3.05) is 55.9 Å². The first-order valence-corrected chi connectivity index (χ1v) is 15.9. The Balaban J connectivity index is 1.33. The van der Waals surface area contributed by atoms with Crippen molar-refractivity contribution < 1.29 is 17.9 Å². The van der Waals surface area contributed by atoms with E-state index in [1.807, 2.05) is 42.5 Å². The van der Waals surface area contributed by atoms with Gasteiger partial charge in [-0.3, -0.25) is 4.79 Å². The van der Waals surface area contributed by atoms with Gasteiger partial charge in [0.2, 0.25) is 10.0 Å². The van der Waals surface area contributed by atoms with Gasteiger partial charge in [0, 0.05) is 61.0 Å². The summed E-state index contributed by atoms with van der Waals surface area (Å²) in [5.41, 5.74) is 4.95. The first kappa shape index (κ1) is 28.4. The Kier molecular flexibility index (Phi) is 8.04. The average Bonchev–Trinajstić information content (AvgIpc) is 3.61. The molecule has 0 radical (unpaired) electrons. The predicted octanol–water partition coefficient (Wildman–Crippen LogP) is 4.22. The first-order chi connectivity index (χ1) is 20.3. The third-order valence-corrected chi connectivity index (χ3v) is 9.82. The summed E-state index contributed by atoms with van der Waals surface area (Å²) in [5, 5.41) is 6.41. The van der Waals surface area contributed by atoms with Gasteiger partial charge in [-0.1, -0.05) is 30.3 Å². The van der Waals surface area contributed by atoms with Crippen LogP contribution in [0.2, 0.25) is 0 Å². The number of hydrogen-bond donors (Lipinski definition) is 3. The Morgan fingerprint density at radius 3 is 2.40 bits per heavy atom. The predicted molar refractivity (Wildman–Crippen MR) is 167 cm³/mol. The number of amides is 1. The fourth-order valence-corrected chi connectivity index (χ4v) is 7.18. The molecule has 42 heavy (non-hydrogen) atoms. The Morgan fingerprint density at radius 1 is 0.976 bits per heavy atom. The highest BCUT2D eigenvalue weighted by atomic mass is 32.2. The molecule has 2 fully saturated rings. The van der Waals surface area contributed by atoms with Gasteiger partial charge in [0.1, 0.15) is 0 Å². The van der Waals surface area contributed by atoms with Crippen LogP contribution in [0.4, 0.5) is 17.1 Å². The van der Waals surface area contributed by atoms with Crippen LogP contribution in [0.25, 0.3) is 11.3 Å². The van der Waals surface area contributed by atoms with Crippen molar-refractivity contribution in [1.29, 1.82) is 0 Å². The highest BCUT2D eigenvalue weighted by Gasteiger charge is 2.31. The van der Waals surface area contributed by atoms with Crippen LogP contribution < -0.4 is 20.3 Å². The highest BCUT2D eigenvalue weighted by molar-refractivity contribution is 7.89. The highest BCUT2D eigenvalue weighted by Crippen LogP contribution is 2.39. The molecule has 1 unspecified atom stereocenters. The van der Waals surface area contributed by atoms with Crippen LogP contribution in [0.1, 0.15) is 30.4 Å². The van der Waals surface area contributed by atoms with Crippen molar-refractivity contribution in [2.24, 2.45) is 0 Å². The molecule has 9 nitrogen and oxygen atoms in total. The summed E-state index contributed by atoms with van der Waals surface area (Å²) in [7, 11) is 0.457. The number of fused-ring (bicyclic) bond motifs is 1. The van der Waals surface area contributed by atoms with E-state index >= 15 is 0 Å². The largest absolute Gasteiger partial charge is 0.381 e. The molecule has 1 amide bonds. The molecular weight excluding hydrogens is 550 g/mol. The number of likely N-dealkylation sites (N-methyl/N-ethyl adjacent to an activating group) is 1. The number of benzene rings is 3. The number of rotatable bonds is 8. The van der Waals surface area contributed by atoms with Crippen molar-refractivity contribution in [2.45, 2.75) is 36.2 Å². The molecule has 0 spiro atoms. The summed E-state index contributed by atoms with van der Waals surface area (Å²) in [6, 6.07) is 23.0. The van der Waals surface area contributed by atoms with E-state index in [1.165, 1.54) is 6.07 Å². The zero-order valence-corrected chi connectivity index (χ0v) is 24.8. The summed E-state index contributed by atoms with van der Waals surface area (Å²) in [5.74, 6) is -0.285. The molecule has 3 aliphatic heterocycles. The lowest BCUT2D eigenvalue weighted by Gasteiger charge is -2.23. The first-order valence-electron chi connectivity index (χ1n) is 14.4. The second-order valence-corrected chi connectivity index (χ2v) is 13.0. The third kappa shape index (κ3) is 5.94. The molecular formula is C32H37N5O4S. The van der Waals surface area contributed by atoms with E-state index in [9.17, 15) is 13.2 Å². The molecule has 3 N–H and O–H groups in total. The number of ether oxygens (including phenoxy) is 1. The van der Waals surface area contributed by atoms with Gasteiger partial charge in [-0.05, 0) is 81.4 Å². The van der Waals surface area contributed by atoms with Gasteiger partial charge >= 0.3 is 0 Å². The van der Waals surface area contributed by atoms with E-state index in [-0.39, 0.29) is 16.8 Å². The lowest BCUT2D eigenvalue weighted by Crippen LogP contribution is -2.38. The van der Waals surface area contributed by atoms with Crippen LogP contribution in [0.3, 0.4) is 0 Å². The fourth-order valence-electron chi connectivity index (χ4n) is 5.85. The molecule has 2 saturated heterocycles. The maximum Gasteiger partial charge on any atom is 0.258 e. The number of carbonyl (C=O) groups excluding carboxylic acids is 1. The van der Waals surface area contributed by atoms with E-state index in [0.29, 0.717) is 54.6 Å². The molecule has 3 aromatic rings. The summed E-state index contributed by atoms with van der Waals surface area (Å²) in [6.07, 6.45) is 2.39. The molecule has 0 bridgehead atoms. The van der Waals surface area contributed by atoms with Crippen molar-refractivity contribution in [3.05, 3.63) is 83.9 Å². The Morgan fingerprint density at radius 2 is 1.71 bits per heavy atom. The lowest BCUT2D eigenvalue weighted by atomic mass is 10.00. The van der Waals surface area contributed by atoms with Crippen molar-refractivity contribution in [1.82, 2.24) is 9.62 Å². The molecule has 0 aliphatic carbocycles. The minimum absolute atomic E-state index is 0.125. The molecule has 220 valence electrons.